The van der Waals surface area contributed by atoms with E-state index in [2.05, 4.69) is 57.8 Å². The second kappa shape index (κ2) is 8.58. The summed E-state index contributed by atoms with van der Waals surface area (Å²) in [5.41, 5.74) is 10.7. The highest BCUT2D eigenvalue weighted by atomic mass is 15.2. The van der Waals surface area contributed by atoms with E-state index in [1.54, 1.807) is 19.5 Å². The number of allylic oxidation sites excluding steroid dienone is 1. The van der Waals surface area contributed by atoms with Crippen LogP contribution in [-0.2, 0) is 0 Å². The quantitative estimate of drug-likeness (QED) is 0.554. The second-order valence-corrected chi connectivity index (χ2v) is 6.65. The third-order valence-electron chi connectivity index (χ3n) is 4.93. The summed E-state index contributed by atoms with van der Waals surface area (Å²) in [7, 11) is 1.72. The monoisotopic (exact) mass is 364 g/mol. The summed E-state index contributed by atoms with van der Waals surface area (Å²) < 4.78 is 0. The molecule has 2 aromatic rings. The molecule has 142 valence electrons. The van der Waals surface area contributed by atoms with Crippen LogP contribution in [0.15, 0.2) is 41.8 Å². The molecule has 2 aromatic heterocycles. The fourth-order valence-electron chi connectivity index (χ4n) is 3.38. The van der Waals surface area contributed by atoms with Gasteiger partial charge in [0.15, 0.2) is 0 Å². The maximum atomic E-state index is 5.71. The lowest BCUT2D eigenvalue weighted by Gasteiger charge is -2.23. The van der Waals surface area contributed by atoms with Crippen molar-refractivity contribution in [3.05, 3.63) is 53.6 Å². The number of hydrogen-bond donors (Lipinski definition) is 4. The zero-order chi connectivity index (χ0) is 19.2. The highest BCUT2D eigenvalue weighted by molar-refractivity contribution is 6.09. The Balaban J connectivity index is 1.74. The van der Waals surface area contributed by atoms with E-state index in [0.717, 1.165) is 41.2 Å². The van der Waals surface area contributed by atoms with Crippen LogP contribution in [0.4, 0.5) is 11.5 Å². The third-order valence-corrected chi connectivity index (χ3v) is 4.93. The van der Waals surface area contributed by atoms with Gasteiger partial charge >= 0.3 is 0 Å². The summed E-state index contributed by atoms with van der Waals surface area (Å²) >= 11 is 0. The second-order valence-electron chi connectivity index (χ2n) is 6.65. The van der Waals surface area contributed by atoms with Crippen molar-refractivity contribution in [2.24, 2.45) is 10.7 Å². The molecular formula is C21H28N6. The van der Waals surface area contributed by atoms with Crippen LogP contribution in [0.2, 0.25) is 0 Å². The van der Waals surface area contributed by atoms with Gasteiger partial charge in [-0.2, -0.15) is 0 Å². The number of fused-ring (bicyclic) bond motifs is 1. The maximum Gasteiger partial charge on any atom is 0.117 e. The average Bonchev–Trinajstić information content (AvgIpc) is 3.14. The summed E-state index contributed by atoms with van der Waals surface area (Å²) in [5, 5.41) is 6.97. The minimum atomic E-state index is -0.0205. The molecule has 1 atom stereocenters. The number of pyridine rings is 1. The Hall–Kier alpha value is -3.02. The SMILES string of the molecule is CCC(CC)c1c[nH]c(NC2C=Cc3ncc(C(C=NC)=CN)cc3N2)c1. The third kappa shape index (κ3) is 4.22. The smallest absolute Gasteiger partial charge is 0.117 e. The molecule has 0 aromatic carbocycles. The van der Waals surface area contributed by atoms with Gasteiger partial charge in [0.25, 0.3) is 0 Å². The highest BCUT2D eigenvalue weighted by Gasteiger charge is 2.16. The van der Waals surface area contributed by atoms with Gasteiger partial charge < -0.3 is 21.4 Å². The number of aromatic nitrogens is 2. The lowest BCUT2D eigenvalue weighted by Crippen LogP contribution is -2.29. The summed E-state index contributed by atoms with van der Waals surface area (Å²) in [6, 6.07) is 4.25. The largest absolute Gasteiger partial charge is 0.404 e. The number of aliphatic imine (C=N–C) groups is 1. The van der Waals surface area contributed by atoms with E-state index >= 15 is 0 Å². The molecule has 1 unspecified atom stereocenters. The van der Waals surface area contributed by atoms with E-state index in [9.17, 15) is 0 Å². The molecule has 1 aliphatic rings. The van der Waals surface area contributed by atoms with E-state index in [1.807, 2.05) is 18.3 Å². The van der Waals surface area contributed by atoms with Gasteiger partial charge in [-0.25, -0.2) is 0 Å². The van der Waals surface area contributed by atoms with Gasteiger partial charge in [0.1, 0.15) is 12.0 Å². The minimum absolute atomic E-state index is 0.0205. The molecule has 3 heterocycles. The first-order valence-electron chi connectivity index (χ1n) is 9.42. The normalized spacial score (nSPS) is 16.6. The van der Waals surface area contributed by atoms with Gasteiger partial charge in [-0.05, 0) is 48.6 Å². The number of rotatable bonds is 7. The summed E-state index contributed by atoms with van der Waals surface area (Å²) in [6.45, 7) is 4.46. The van der Waals surface area contributed by atoms with Gasteiger partial charge in [0.2, 0.25) is 0 Å². The summed E-state index contributed by atoms with van der Waals surface area (Å²) in [6.07, 6.45) is 13.6. The lowest BCUT2D eigenvalue weighted by molar-refractivity contribution is 0.643. The number of nitrogens with two attached hydrogens (primary N) is 1. The predicted molar refractivity (Wildman–Crippen MR) is 115 cm³/mol. The van der Waals surface area contributed by atoms with Crippen molar-refractivity contribution in [1.29, 1.82) is 0 Å². The van der Waals surface area contributed by atoms with Gasteiger partial charge in [0.05, 0.1) is 11.4 Å². The van der Waals surface area contributed by atoms with Crippen molar-refractivity contribution in [3.8, 4) is 0 Å². The van der Waals surface area contributed by atoms with E-state index < -0.39 is 0 Å². The number of aromatic amines is 1. The van der Waals surface area contributed by atoms with Crippen LogP contribution in [0.1, 0.15) is 49.4 Å². The first kappa shape index (κ1) is 18.8. The molecule has 0 fully saturated rings. The van der Waals surface area contributed by atoms with Crippen LogP contribution in [0.5, 0.6) is 0 Å². The van der Waals surface area contributed by atoms with Crippen molar-refractivity contribution in [1.82, 2.24) is 9.97 Å². The predicted octanol–water partition coefficient (Wildman–Crippen LogP) is 4.19. The number of hydrogen-bond acceptors (Lipinski definition) is 5. The zero-order valence-corrected chi connectivity index (χ0v) is 16.2. The Bertz CT molecular complexity index is 857. The number of anilines is 2. The molecule has 5 N–H and O–H groups in total. The minimum Gasteiger partial charge on any atom is -0.404 e. The Morgan fingerprint density at radius 3 is 2.89 bits per heavy atom. The van der Waals surface area contributed by atoms with Crippen LogP contribution in [0, 0.1) is 0 Å². The molecular weight excluding hydrogens is 336 g/mol. The topological polar surface area (TPSA) is 91.1 Å². The van der Waals surface area contributed by atoms with E-state index in [-0.39, 0.29) is 6.17 Å². The fraction of sp³-hybridized carbons (Fsp3) is 0.333. The lowest BCUT2D eigenvalue weighted by atomic mass is 9.97. The Morgan fingerprint density at radius 2 is 2.19 bits per heavy atom. The Kier molecular flexibility index (Phi) is 5.96. The number of H-pyrrole nitrogens is 1. The maximum absolute atomic E-state index is 5.71. The Morgan fingerprint density at radius 1 is 1.37 bits per heavy atom. The molecule has 6 nitrogen and oxygen atoms in total. The fourth-order valence-corrected chi connectivity index (χ4v) is 3.38. The van der Waals surface area contributed by atoms with Crippen LogP contribution >= 0.6 is 0 Å². The number of nitrogens with zero attached hydrogens (tertiary/aromatic N) is 2. The summed E-state index contributed by atoms with van der Waals surface area (Å²) in [4.78, 5) is 11.9. The molecule has 0 aliphatic carbocycles. The van der Waals surface area contributed by atoms with Crippen molar-refractivity contribution in [2.75, 3.05) is 17.7 Å². The van der Waals surface area contributed by atoms with Gasteiger partial charge in [-0.3, -0.25) is 9.98 Å². The van der Waals surface area contributed by atoms with E-state index in [0.29, 0.717) is 5.92 Å². The van der Waals surface area contributed by atoms with Crippen molar-refractivity contribution in [2.45, 2.75) is 38.8 Å². The summed E-state index contributed by atoms with van der Waals surface area (Å²) in [5.74, 6) is 1.60. The van der Waals surface area contributed by atoms with Crippen LogP contribution < -0.4 is 16.4 Å². The molecule has 3 rings (SSSR count). The standard InChI is InChI=1S/C21H28N6/c1-4-14(5-2)16-9-21(25-13-16)27-20-7-6-18-19(26-20)8-15(12-24-18)17(10-22)11-23-3/h6-14,20,25-27H,4-5,22H2,1-3H3. The molecule has 0 amide bonds. The first-order valence-corrected chi connectivity index (χ1v) is 9.42. The van der Waals surface area contributed by atoms with Crippen molar-refractivity contribution in [3.63, 3.8) is 0 Å². The van der Waals surface area contributed by atoms with Crippen LogP contribution in [0.25, 0.3) is 11.6 Å². The molecule has 0 radical (unpaired) electrons. The Labute approximate surface area is 160 Å². The van der Waals surface area contributed by atoms with Gasteiger partial charge in [-0.15, -0.1) is 0 Å². The highest BCUT2D eigenvalue weighted by Crippen LogP contribution is 2.27. The number of nitrogens with one attached hydrogen (secondary N) is 3. The van der Waals surface area contributed by atoms with Crippen LogP contribution in [0.3, 0.4) is 0 Å². The van der Waals surface area contributed by atoms with Crippen LogP contribution in [-0.4, -0.2) is 29.4 Å². The van der Waals surface area contributed by atoms with Crippen molar-refractivity contribution >= 4 is 29.4 Å². The molecule has 0 saturated heterocycles. The first-order chi connectivity index (χ1) is 13.2. The molecule has 6 heteroatoms. The molecule has 27 heavy (non-hydrogen) atoms. The molecule has 0 saturated carbocycles. The average molecular weight is 364 g/mol. The zero-order valence-electron chi connectivity index (χ0n) is 16.2. The molecule has 0 spiro atoms. The molecule has 1 aliphatic heterocycles. The van der Waals surface area contributed by atoms with E-state index in [1.165, 1.54) is 5.56 Å². The van der Waals surface area contributed by atoms with Crippen molar-refractivity contribution < 1.29 is 0 Å². The molecule has 0 bridgehead atoms. The van der Waals surface area contributed by atoms with E-state index in [4.69, 9.17) is 5.73 Å². The van der Waals surface area contributed by atoms with Gasteiger partial charge in [-0.1, -0.05) is 13.8 Å². The van der Waals surface area contributed by atoms with Gasteiger partial charge in [0, 0.05) is 43.0 Å².